The van der Waals surface area contributed by atoms with Crippen molar-refractivity contribution >= 4 is 9.84 Å². The number of hydrogen-bond donors (Lipinski definition) is 1. The lowest BCUT2D eigenvalue weighted by Crippen LogP contribution is -2.34. The second kappa shape index (κ2) is 7.03. The van der Waals surface area contributed by atoms with E-state index in [1.54, 1.807) is 24.5 Å². The topological polar surface area (TPSA) is 59.1 Å². The number of rotatable bonds is 6. The number of aromatic nitrogens is 1. The summed E-state index contributed by atoms with van der Waals surface area (Å²) in [6, 6.07) is 10.8. The average molecular weight is 318 g/mol. The van der Waals surface area contributed by atoms with Crippen LogP contribution in [0.5, 0.6) is 0 Å². The van der Waals surface area contributed by atoms with Crippen molar-refractivity contribution in [3.63, 3.8) is 0 Å². The zero-order valence-corrected chi connectivity index (χ0v) is 14.0. The lowest BCUT2D eigenvalue weighted by Gasteiger charge is -2.20. The molecule has 0 amide bonds. The van der Waals surface area contributed by atoms with Crippen LogP contribution in [-0.4, -0.2) is 25.2 Å². The molecule has 0 aliphatic carbocycles. The van der Waals surface area contributed by atoms with Gasteiger partial charge in [-0.15, -0.1) is 0 Å². The molecule has 1 N–H and O–H groups in total. The van der Waals surface area contributed by atoms with Crippen molar-refractivity contribution in [3.05, 3.63) is 59.9 Å². The van der Waals surface area contributed by atoms with E-state index in [4.69, 9.17) is 0 Å². The van der Waals surface area contributed by atoms with Crippen LogP contribution in [0.15, 0.2) is 53.7 Å². The van der Waals surface area contributed by atoms with Crippen LogP contribution in [-0.2, 0) is 9.84 Å². The Morgan fingerprint density at radius 2 is 1.64 bits per heavy atom. The molecule has 0 aliphatic rings. The molecular weight excluding hydrogens is 296 g/mol. The van der Waals surface area contributed by atoms with E-state index in [2.05, 4.69) is 10.3 Å². The molecule has 5 heteroatoms. The Morgan fingerprint density at radius 3 is 2.23 bits per heavy atom. The number of benzene rings is 1. The first-order chi connectivity index (χ1) is 10.4. The fourth-order valence-corrected chi connectivity index (χ4v) is 3.89. The summed E-state index contributed by atoms with van der Waals surface area (Å²) in [6.45, 7) is 5.85. The van der Waals surface area contributed by atoms with E-state index in [1.165, 1.54) is 0 Å². The highest BCUT2D eigenvalue weighted by Crippen LogP contribution is 2.15. The minimum absolute atomic E-state index is 0.0749. The lowest BCUT2D eigenvalue weighted by atomic mass is 10.1. The summed E-state index contributed by atoms with van der Waals surface area (Å²) in [6.07, 6.45) is 3.47. The molecule has 2 atom stereocenters. The van der Waals surface area contributed by atoms with Gasteiger partial charge in [0.1, 0.15) is 0 Å². The van der Waals surface area contributed by atoms with Gasteiger partial charge >= 0.3 is 0 Å². The van der Waals surface area contributed by atoms with Crippen molar-refractivity contribution in [1.82, 2.24) is 10.3 Å². The van der Waals surface area contributed by atoms with Gasteiger partial charge in [0.2, 0.25) is 0 Å². The van der Waals surface area contributed by atoms with E-state index in [1.807, 2.05) is 45.0 Å². The largest absolute Gasteiger partial charge is 0.307 e. The first kappa shape index (κ1) is 16.6. The highest BCUT2D eigenvalue weighted by Gasteiger charge is 2.19. The van der Waals surface area contributed by atoms with Crippen LogP contribution in [0.2, 0.25) is 0 Å². The second-order valence-corrected chi connectivity index (χ2v) is 7.70. The molecule has 1 aromatic heterocycles. The molecule has 4 nitrogen and oxygen atoms in total. The molecule has 0 fully saturated rings. The zero-order chi connectivity index (χ0) is 16.2. The van der Waals surface area contributed by atoms with Gasteiger partial charge in [-0.1, -0.05) is 17.7 Å². The van der Waals surface area contributed by atoms with Crippen LogP contribution in [0, 0.1) is 6.92 Å². The molecule has 0 saturated carbocycles. The highest BCUT2D eigenvalue weighted by molar-refractivity contribution is 7.91. The molecule has 22 heavy (non-hydrogen) atoms. The lowest BCUT2D eigenvalue weighted by molar-refractivity contribution is 0.499. The molecule has 0 unspecified atom stereocenters. The molecule has 2 rings (SSSR count). The summed E-state index contributed by atoms with van der Waals surface area (Å²) >= 11 is 0. The van der Waals surface area contributed by atoms with Gasteiger partial charge in [-0.05, 0) is 50.6 Å². The third-order valence-electron chi connectivity index (χ3n) is 3.59. The summed E-state index contributed by atoms with van der Waals surface area (Å²) in [7, 11) is -3.28. The molecule has 1 heterocycles. The van der Waals surface area contributed by atoms with E-state index in [0.29, 0.717) is 4.90 Å². The maximum Gasteiger partial charge on any atom is 0.179 e. The summed E-state index contributed by atoms with van der Waals surface area (Å²) in [5.74, 6) is 0.0749. The van der Waals surface area contributed by atoms with E-state index < -0.39 is 9.84 Å². The standard InChI is InChI=1S/C17H22N2O2S/c1-13-4-6-17(7-5-13)22(20,21)12-14(2)19-15(3)16-8-10-18-11-9-16/h4-11,14-15,19H,12H2,1-3H3/t14-,15+/m0/s1. The Labute approximate surface area is 132 Å². The zero-order valence-electron chi connectivity index (χ0n) is 13.2. The van der Waals surface area contributed by atoms with Gasteiger partial charge in [-0.2, -0.15) is 0 Å². The maximum absolute atomic E-state index is 12.4. The van der Waals surface area contributed by atoms with Gasteiger partial charge in [0, 0.05) is 24.5 Å². The van der Waals surface area contributed by atoms with Crippen molar-refractivity contribution in [2.24, 2.45) is 0 Å². The monoisotopic (exact) mass is 318 g/mol. The first-order valence-corrected chi connectivity index (χ1v) is 8.99. The van der Waals surface area contributed by atoms with Crippen LogP contribution in [0.25, 0.3) is 0 Å². The third kappa shape index (κ3) is 4.39. The molecule has 0 saturated heterocycles. The smallest absolute Gasteiger partial charge is 0.179 e. The third-order valence-corrected chi connectivity index (χ3v) is 5.52. The molecule has 0 radical (unpaired) electrons. The summed E-state index contributed by atoms with van der Waals surface area (Å²) in [4.78, 5) is 4.37. The fourth-order valence-electron chi connectivity index (χ4n) is 2.39. The van der Waals surface area contributed by atoms with Crippen molar-refractivity contribution in [2.45, 2.75) is 37.8 Å². The SMILES string of the molecule is Cc1ccc(S(=O)(=O)C[C@H](C)N[C@H](C)c2ccncc2)cc1. The Kier molecular flexibility index (Phi) is 5.32. The predicted octanol–water partition coefficient (Wildman–Crippen LogP) is 2.90. The van der Waals surface area contributed by atoms with Crippen LogP contribution in [0.1, 0.15) is 31.0 Å². The van der Waals surface area contributed by atoms with Gasteiger partial charge in [0.25, 0.3) is 0 Å². The van der Waals surface area contributed by atoms with E-state index in [-0.39, 0.29) is 17.8 Å². The van der Waals surface area contributed by atoms with E-state index in [9.17, 15) is 8.42 Å². The molecule has 0 bridgehead atoms. The second-order valence-electron chi connectivity index (χ2n) is 5.66. The number of pyridine rings is 1. The number of hydrogen-bond acceptors (Lipinski definition) is 4. The van der Waals surface area contributed by atoms with Crippen LogP contribution in [0.3, 0.4) is 0 Å². The quantitative estimate of drug-likeness (QED) is 0.889. The molecule has 0 spiro atoms. The molecule has 118 valence electrons. The number of aryl methyl sites for hydroxylation is 1. The molecule has 0 aliphatic heterocycles. The Morgan fingerprint density at radius 1 is 1.05 bits per heavy atom. The van der Waals surface area contributed by atoms with Crippen molar-refractivity contribution in [3.8, 4) is 0 Å². The number of nitrogens with zero attached hydrogens (tertiary/aromatic N) is 1. The van der Waals surface area contributed by atoms with Crippen molar-refractivity contribution < 1.29 is 8.42 Å². The molecular formula is C17H22N2O2S. The van der Waals surface area contributed by atoms with E-state index >= 15 is 0 Å². The highest BCUT2D eigenvalue weighted by atomic mass is 32.2. The Hall–Kier alpha value is -1.72. The minimum atomic E-state index is -3.28. The Bertz CT molecular complexity index is 697. The van der Waals surface area contributed by atoms with Crippen molar-refractivity contribution in [1.29, 1.82) is 0 Å². The fraction of sp³-hybridized carbons (Fsp3) is 0.353. The van der Waals surface area contributed by atoms with Crippen LogP contribution >= 0.6 is 0 Å². The Balaban J connectivity index is 2.02. The summed E-state index contributed by atoms with van der Waals surface area (Å²) < 4.78 is 24.8. The number of sulfone groups is 1. The van der Waals surface area contributed by atoms with Crippen LogP contribution in [0.4, 0.5) is 0 Å². The molecule has 1 aromatic carbocycles. The van der Waals surface area contributed by atoms with Gasteiger partial charge in [0.05, 0.1) is 10.6 Å². The predicted molar refractivity (Wildman–Crippen MR) is 88.5 cm³/mol. The van der Waals surface area contributed by atoms with Crippen molar-refractivity contribution in [2.75, 3.05) is 5.75 Å². The number of nitrogens with one attached hydrogen (secondary N) is 1. The van der Waals surface area contributed by atoms with Gasteiger partial charge in [-0.3, -0.25) is 4.98 Å². The normalized spacial score (nSPS) is 14.5. The molecule has 2 aromatic rings. The van der Waals surface area contributed by atoms with E-state index in [0.717, 1.165) is 11.1 Å². The van der Waals surface area contributed by atoms with Crippen LogP contribution < -0.4 is 5.32 Å². The summed E-state index contributed by atoms with van der Waals surface area (Å²) in [5.41, 5.74) is 2.14. The van der Waals surface area contributed by atoms with Gasteiger partial charge < -0.3 is 5.32 Å². The average Bonchev–Trinajstić information content (AvgIpc) is 2.48. The minimum Gasteiger partial charge on any atom is -0.307 e. The first-order valence-electron chi connectivity index (χ1n) is 7.34. The summed E-state index contributed by atoms with van der Waals surface area (Å²) in [5, 5.41) is 3.33. The maximum atomic E-state index is 12.4. The van der Waals surface area contributed by atoms with Gasteiger partial charge in [0.15, 0.2) is 9.84 Å². The van der Waals surface area contributed by atoms with Gasteiger partial charge in [-0.25, -0.2) is 8.42 Å².